The van der Waals surface area contributed by atoms with Crippen molar-refractivity contribution in [3.63, 3.8) is 0 Å². The number of nitrogens with zero attached hydrogens (tertiary/aromatic N) is 2. The van der Waals surface area contributed by atoms with Gasteiger partial charge in [0.1, 0.15) is 5.75 Å². The Morgan fingerprint density at radius 3 is 2.58 bits per heavy atom. The number of hydrogen-bond acceptors (Lipinski definition) is 6. The van der Waals surface area contributed by atoms with Gasteiger partial charge in [0.15, 0.2) is 0 Å². The number of nitrogens with one attached hydrogen (secondary N) is 2. The highest BCUT2D eigenvalue weighted by molar-refractivity contribution is 6.34. The van der Waals surface area contributed by atoms with E-state index in [1.807, 2.05) is 0 Å². The largest absolute Gasteiger partial charge is 0.496 e. The molecular formula is C23H25ClN4O5. The van der Waals surface area contributed by atoms with Crippen LogP contribution < -0.4 is 15.4 Å². The van der Waals surface area contributed by atoms with Gasteiger partial charge < -0.3 is 15.4 Å². The van der Waals surface area contributed by atoms with Crippen LogP contribution in [0, 0.1) is 16.0 Å². The van der Waals surface area contributed by atoms with Crippen LogP contribution in [-0.4, -0.2) is 47.9 Å². The number of halogens is 1. The molecular weight excluding hydrogens is 448 g/mol. The molecule has 1 heterocycles. The standard InChI is InChI=1S/C23H25ClN4O5/c1-33-21-11-20(26-22(29)15-4-5-15)19(24)10-18(21)23(30)25-16-8-9-27(13-16)12-14-2-6-17(7-3-14)28(31)32/h2-3,6-7,10-11,15-16H,4-5,8-9,12-13H2,1H3,(H,25,30)(H,26,29)/t16-/m0/s1. The summed E-state index contributed by atoms with van der Waals surface area (Å²) in [5, 5.41) is 16.9. The lowest BCUT2D eigenvalue weighted by atomic mass is 10.1. The van der Waals surface area contributed by atoms with Gasteiger partial charge in [-0.2, -0.15) is 0 Å². The van der Waals surface area contributed by atoms with E-state index in [1.54, 1.807) is 18.2 Å². The molecule has 0 unspecified atom stereocenters. The molecule has 2 aliphatic rings. The molecule has 0 radical (unpaired) electrons. The second kappa shape index (κ2) is 9.76. The van der Waals surface area contributed by atoms with E-state index in [1.165, 1.54) is 25.3 Å². The summed E-state index contributed by atoms with van der Waals surface area (Å²) in [6.45, 7) is 2.11. The first-order valence-electron chi connectivity index (χ1n) is 10.8. The quantitative estimate of drug-likeness (QED) is 0.448. The zero-order valence-electron chi connectivity index (χ0n) is 18.2. The third-order valence-electron chi connectivity index (χ3n) is 5.90. The Labute approximate surface area is 196 Å². The summed E-state index contributed by atoms with van der Waals surface area (Å²) < 4.78 is 5.38. The van der Waals surface area contributed by atoms with Crippen LogP contribution >= 0.6 is 11.6 Å². The average molecular weight is 473 g/mol. The fraction of sp³-hybridized carbons (Fsp3) is 0.391. The van der Waals surface area contributed by atoms with Crippen molar-refractivity contribution in [1.82, 2.24) is 10.2 Å². The number of anilines is 1. The summed E-state index contributed by atoms with van der Waals surface area (Å²) in [6, 6.07) is 9.54. The van der Waals surface area contributed by atoms with Gasteiger partial charge in [-0.25, -0.2) is 0 Å². The third-order valence-corrected chi connectivity index (χ3v) is 6.21. The summed E-state index contributed by atoms with van der Waals surface area (Å²) in [5.41, 5.74) is 1.78. The zero-order chi connectivity index (χ0) is 23.5. The van der Waals surface area contributed by atoms with Gasteiger partial charge in [-0.05, 0) is 30.9 Å². The summed E-state index contributed by atoms with van der Waals surface area (Å²) >= 11 is 6.33. The van der Waals surface area contributed by atoms with Gasteiger partial charge in [0, 0.05) is 49.8 Å². The molecule has 1 atom stereocenters. The minimum absolute atomic E-state index is 0.0337. The number of hydrogen-bond donors (Lipinski definition) is 2. The van der Waals surface area contributed by atoms with Gasteiger partial charge in [-0.1, -0.05) is 23.7 Å². The summed E-state index contributed by atoms with van der Waals surface area (Å²) in [7, 11) is 1.47. The van der Waals surface area contributed by atoms with Gasteiger partial charge in [-0.15, -0.1) is 0 Å². The highest BCUT2D eigenvalue weighted by Gasteiger charge is 2.31. The molecule has 2 N–H and O–H groups in total. The van der Waals surface area contributed by atoms with E-state index < -0.39 is 4.92 Å². The van der Waals surface area contributed by atoms with Gasteiger partial charge in [0.25, 0.3) is 11.6 Å². The summed E-state index contributed by atoms with van der Waals surface area (Å²) in [4.78, 5) is 37.6. The fourth-order valence-electron chi connectivity index (χ4n) is 3.91. The lowest BCUT2D eigenvalue weighted by molar-refractivity contribution is -0.384. The Morgan fingerprint density at radius 2 is 1.94 bits per heavy atom. The molecule has 2 fully saturated rings. The highest BCUT2D eigenvalue weighted by atomic mass is 35.5. The molecule has 4 rings (SSSR count). The van der Waals surface area contributed by atoms with Crippen molar-refractivity contribution < 1.29 is 19.2 Å². The summed E-state index contributed by atoms with van der Waals surface area (Å²) in [5.74, 6) is 0.00121. The number of likely N-dealkylation sites (tertiary alicyclic amines) is 1. The van der Waals surface area contributed by atoms with Crippen molar-refractivity contribution in [2.75, 3.05) is 25.5 Å². The van der Waals surface area contributed by atoms with Crippen LogP contribution in [0.15, 0.2) is 36.4 Å². The summed E-state index contributed by atoms with van der Waals surface area (Å²) in [6.07, 6.45) is 2.54. The molecule has 0 spiro atoms. The molecule has 2 aromatic carbocycles. The molecule has 1 aliphatic heterocycles. The number of non-ortho nitro benzene ring substituents is 1. The van der Waals surface area contributed by atoms with Gasteiger partial charge in [0.05, 0.1) is 28.3 Å². The van der Waals surface area contributed by atoms with Crippen LogP contribution in [0.3, 0.4) is 0 Å². The lowest BCUT2D eigenvalue weighted by Gasteiger charge is -2.18. The maximum absolute atomic E-state index is 12.9. The molecule has 10 heteroatoms. The van der Waals surface area contributed by atoms with E-state index in [0.717, 1.165) is 31.4 Å². The van der Waals surface area contributed by atoms with Crippen LogP contribution in [0.25, 0.3) is 0 Å². The second-order valence-electron chi connectivity index (χ2n) is 8.41. The molecule has 0 bridgehead atoms. The first kappa shape index (κ1) is 23.0. The van der Waals surface area contributed by atoms with Crippen molar-refractivity contribution in [3.05, 3.63) is 62.7 Å². The number of amides is 2. The number of carbonyl (C=O) groups is 2. The van der Waals surface area contributed by atoms with Crippen LogP contribution in [-0.2, 0) is 11.3 Å². The maximum atomic E-state index is 12.9. The molecule has 9 nitrogen and oxygen atoms in total. The van der Waals surface area contributed by atoms with E-state index in [9.17, 15) is 19.7 Å². The number of ether oxygens (including phenoxy) is 1. The van der Waals surface area contributed by atoms with E-state index in [0.29, 0.717) is 30.1 Å². The van der Waals surface area contributed by atoms with Crippen LogP contribution in [0.4, 0.5) is 11.4 Å². The van der Waals surface area contributed by atoms with E-state index in [2.05, 4.69) is 15.5 Å². The minimum atomic E-state index is -0.417. The number of methoxy groups -OCH3 is 1. The van der Waals surface area contributed by atoms with Gasteiger partial charge >= 0.3 is 0 Å². The molecule has 1 saturated heterocycles. The topological polar surface area (TPSA) is 114 Å². The number of carbonyl (C=O) groups excluding carboxylic acids is 2. The molecule has 2 amide bonds. The highest BCUT2D eigenvalue weighted by Crippen LogP contribution is 2.34. The maximum Gasteiger partial charge on any atom is 0.269 e. The third kappa shape index (κ3) is 5.61. The van der Waals surface area contributed by atoms with Crippen LogP contribution in [0.2, 0.25) is 5.02 Å². The van der Waals surface area contributed by atoms with Crippen molar-refractivity contribution in [2.45, 2.75) is 31.8 Å². The first-order chi connectivity index (χ1) is 15.8. The number of nitro groups is 1. The van der Waals surface area contributed by atoms with Crippen LogP contribution in [0.1, 0.15) is 35.2 Å². The Hall–Kier alpha value is -3.17. The predicted octanol–water partition coefficient (Wildman–Crippen LogP) is 3.61. The second-order valence-corrected chi connectivity index (χ2v) is 8.82. The predicted molar refractivity (Wildman–Crippen MR) is 124 cm³/mol. The molecule has 33 heavy (non-hydrogen) atoms. The molecule has 1 saturated carbocycles. The lowest BCUT2D eigenvalue weighted by Crippen LogP contribution is -2.37. The van der Waals surface area contributed by atoms with E-state index >= 15 is 0 Å². The van der Waals surface area contributed by atoms with E-state index in [-0.39, 0.29) is 34.5 Å². The van der Waals surface area contributed by atoms with Crippen molar-refractivity contribution >= 4 is 34.8 Å². The van der Waals surface area contributed by atoms with Crippen molar-refractivity contribution in [1.29, 1.82) is 0 Å². The number of rotatable bonds is 8. The fourth-order valence-corrected chi connectivity index (χ4v) is 4.13. The normalized spacial score (nSPS) is 18.1. The van der Waals surface area contributed by atoms with Gasteiger partial charge in [-0.3, -0.25) is 24.6 Å². The zero-order valence-corrected chi connectivity index (χ0v) is 18.9. The Morgan fingerprint density at radius 1 is 1.21 bits per heavy atom. The van der Waals surface area contributed by atoms with Crippen molar-refractivity contribution in [3.8, 4) is 5.75 Å². The molecule has 0 aromatic heterocycles. The van der Waals surface area contributed by atoms with E-state index in [4.69, 9.17) is 16.3 Å². The Bertz CT molecular complexity index is 1070. The van der Waals surface area contributed by atoms with Crippen molar-refractivity contribution in [2.24, 2.45) is 5.92 Å². The smallest absolute Gasteiger partial charge is 0.269 e. The SMILES string of the molecule is COc1cc(NC(=O)C2CC2)c(Cl)cc1C(=O)N[C@H]1CCN(Cc2ccc([N+](=O)[O-])cc2)C1. The number of benzene rings is 2. The molecule has 1 aliphatic carbocycles. The van der Waals surface area contributed by atoms with Gasteiger partial charge in [0.2, 0.25) is 5.91 Å². The first-order valence-corrected chi connectivity index (χ1v) is 11.2. The van der Waals surface area contributed by atoms with Crippen LogP contribution in [0.5, 0.6) is 5.75 Å². The Kier molecular flexibility index (Phi) is 6.80. The molecule has 2 aromatic rings. The molecule has 174 valence electrons. The monoisotopic (exact) mass is 472 g/mol. The Balaban J connectivity index is 1.36. The number of nitro benzene ring substituents is 1. The average Bonchev–Trinajstić information content (AvgIpc) is 3.56. The minimum Gasteiger partial charge on any atom is -0.496 e.